The molecule has 1 aromatic carbocycles. The highest BCUT2D eigenvalue weighted by atomic mass is 127. The molecule has 1 aliphatic carbocycles. The normalized spacial score (nSPS) is 14.9. The van der Waals surface area contributed by atoms with Gasteiger partial charge in [-0.3, -0.25) is 0 Å². The molecule has 1 aliphatic rings. The van der Waals surface area contributed by atoms with E-state index < -0.39 is 0 Å². The highest BCUT2D eigenvalue weighted by Crippen LogP contribution is 2.24. The number of hydrogen-bond donors (Lipinski definition) is 2. The second kappa shape index (κ2) is 8.28. The van der Waals surface area contributed by atoms with Crippen molar-refractivity contribution >= 4 is 29.9 Å². The third-order valence-corrected chi connectivity index (χ3v) is 3.94. The molecule has 0 aliphatic heterocycles. The van der Waals surface area contributed by atoms with E-state index in [9.17, 15) is 4.39 Å². The fraction of sp³-hybridized carbons (Fsp3) is 0.375. The first-order chi connectivity index (χ1) is 10.7. The summed E-state index contributed by atoms with van der Waals surface area (Å²) in [5.74, 6) is 0.945. The topological polar surface area (TPSA) is 68.2 Å². The summed E-state index contributed by atoms with van der Waals surface area (Å²) < 4.78 is 14.6. The molecular formula is C16H21FIN5. The van der Waals surface area contributed by atoms with Gasteiger partial charge in [0, 0.05) is 12.7 Å². The van der Waals surface area contributed by atoms with Crippen LogP contribution in [0.2, 0.25) is 0 Å². The van der Waals surface area contributed by atoms with Gasteiger partial charge in [-0.05, 0) is 49.1 Å². The molecule has 124 valence electrons. The van der Waals surface area contributed by atoms with E-state index in [1.54, 1.807) is 16.8 Å². The van der Waals surface area contributed by atoms with Crippen molar-refractivity contribution in [3.05, 3.63) is 48.0 Å². The zero-order valence-electron chi connectivity index (χ0n) is 12.8. The maximum Gasteiger partial charge on any atom is 0.188 e. The van der Waals surface area contributed by atoms with Crippen molar-refractivity contribution in [2.45, 2.75) is 25.8 Å². The molecule has 1 saturated carbocycles. The van der Waals surface area contributed by atoms with Crippen LogP contribution in [0.15, 0.2) is 41.5 Å². The molecule has 1 aromatic heterocycles. The average Bonchev–Trinajstić information content (AvgIpc) is 2.93. The van der Waals surface area contributed by atoms with Crippen molar-refractivity contribution < 1.29 is 4.39 Å². The predicted molar refractivity (Wildman–Crippen MR) is 99.6 cm³/mol. The number of benzene rings is 1. The van der Waals surface area contributed by atoms with E-state index in [0.717, 1.165) is 23.8 Å². The van der Waals surface area contributed by atoms with Gasteiger partial charge < -0.3 is 11.1 Å². The van der Waals surface area contributed by atoms with E-state index in [4.69, 9.17) is 5.73 Å². The van der Waals surface area contributed by atoms with Crippen LogP contribution in [0, 0.1) is 11.7 Å². The molecule has 0 saturated heterocycles. The van der Waals surface area contributed by atoms with Gasteiger partial charge in [0.2, 0.25) is 0 Å². The fourth-order valence-corrected chi connectivity index (χ4v) is 2.35. The second-order valence-corrected chi connectivity index (χ2v) is 5.61. The Morgan fingerprint density at radius 1 is 1.30 bits per heavy atom. The largest absolute Gasteiger partial charge is 0.370 e. The number of nitrogens with zero attached hydrogens (tertiary/aromatic N) is 3. The van der Waals surface area contributed by atoms with Crippen molar-refractivity contribution in [2.24, 2.45) is 16.6 Å². The minimum atomic E-state index is -0.258. The summed E-state index contributed by atoms with van der Waals surface area (Å²) in [5.41, 5.74) is 7.48. The van der Waals surface area contributed by atoms with Gasteiger partial charge >= 0.3 is 0 Å². The lowest BCUT2D eigenvalue weighted by atomic mass is 9.85. The van der Waals surface area contributed by atoms with Gasteiger partial charge in [0.05, 0.1) is 17.9 Å². The fourth-order valence-electron chi connectivity index (χ4n) is 2.35. The van der Waals surface area contributed by atoms with Crippen LogP contribution in [0.4, 0.5) is 4.39 Å². The Morgan fingerprint density at radius 3 is 2.70 bits per heavy atom. The van der Waals surface area contributed by atoms with Crippen LogP contribution in [0.1, 0.15) is 25.0 Å². The van der Waals surface area contributed by atoms with Crippen LogP contribution in [-0.2, 0) is 6.54 Å². The summed E-state index contributed by atoms with van der Waals surface area (Å²) in [6.07, 6.45) is 5.71. The first-order valence-corrected chi connectivity index (χ1v) is 7.55. The van der Waals surface area contributed by atoms with Crippen LogP contribution < -0.4 is 11.1 Å². The quantitative estimate of drug-likeness (QED) is 0.437. The SMILES string of the molecule is I.NC(=NCc1ccn(-c2ccc(F)cc2)n1)NCC1CCC1. The van der Waals surface area contributed by atoms with E-state index in [1.165, 1.54) is 31.4 Å². The Hall–Kier alpha value is -1.64. The van der Waals surface area contributed by atoms with Gasteiger partial charge in [0.15, 0.2) is 5.96 Å². The number of aromatic nitrogens is 2. The summed E-state index contributed by atoms with van der Waals surface area (Å²) in [7, 11) is 0. The Balaban J connectivity index is 0.00000192. The molecule has 3 rings (SSSR count). The minimum Gasteiger partial charge on any atom is -0.370 e. The molecule has 0 radical (unpaired) electrons. The standard InChI is InChI=1S/C16H20FN5.HI/c17-13-4-6-15(7-5-13)22-9-8-14(21-22)11-20-16(18)19-10-12-2-1-3-12;/h4-9,12H,1-3,10-11H2,(H3,18,19,20);1H. The first kappa shape index (κ1) is 17.7. The maximum absolute atomic E-state index is 12.9. The Bertz CT molecular complexity index is 649. The van der Waals surface area contributed by atoms with Gasteiger partial charge in [-0.25, -0.2) is 14.1 Å². The number of hydrogen-bond acceptors (Lipinski definition) is 2. The number of nitrogens with one attached hydrogen (secondary N) is 1. The Labute approximate surface area is 152 Å². The van der Waals surface area contributed by atoms with Crippen LogP contribution >= 0.6 is 24.0 Å². The lowest BCUT2D eigenvalue weighted by molar-refractivity contribution is 0.315. The summed E-state index contributed by atoms with van der Waals surface area (Å²) >= 11 is 0. The highest BCUT2D eigenvalue weighted by Gasteiger charge is 2.16. The molecular weight excluding hydrogens is 408 g/mol. The first-order valence-electron chi connectivity index (χ1n) is 7.55. The predicted octanol–water partition coefficient (Wildman–Crippen LogP) is 2.83. The number of guanidine groups is 1. The molecule has 7 heteroatoms. The van der Waals surface area contributed by atoms with Crippen molar-refractivity contribution in [1.82, 2.24) is 15.1 Å². The zero-order chi connectivity index (χ0) is 15.4. The Morgan fingerprint density at radius 2 is 2.04 bits per heavy atom. The highest BCUT2D eigenvalue weighted by molar-refractivity contribution is 14.0. The van der Waals surface area contributed by atoms with E-state index in [-0.39, 0.29) is 29.8 Å². The molecule has 0 unspecified atom stereocenters. The van der Waals surface area contributed by atoms with Crippen LogP contribution in [0.25, 0.3) is 5.69 Å². The van der Waals surface area contributed by atoms with E-state index in [2.05, 4.69) is 15.4 Å². The molecule has 0 amide bonds. The number of aliphatic imine (C=N–C) groups is 1. The monoisotopic (exact) mass is 429 g/mol. The lowest BCUT2D eigenvalue weighted by Gasteiger charge is -2.25. The average molecular weight is 429 g/mol. The van der Waals surface area contributed by atoms with Crippen LogP contribution in [0.5, 0.6) is 0 Å². The van der Waals surface area contributed by atoms with Gasteiger partial charge in [0.1, 0.15) is 5.82 Å². The molecule has 5 nitrogen and oxygen atoms in total. The van der Waals surface area contributed by atoms with Gasteiger partial charge in [-0.15, -0.1) is 24.0 Å². The third-order valence-electron chi connectivity index (χ3n) is 3.94. The number of rotatable bonds is 5. The second-order valence-electron chi connectivity index (χ2n) is 5.61. The molecule has 3 N–H and O–H groups in total. The van der Waals surface area contributed by atoms with Crippen LogP contribution in [0.3, 0.4) is 0 Å². The van der Waals surface area contributed by atoms with E-state index >= 15 is 0 Å². The molecule has 1 fully saturated rings. The van der Waals surface area contributed by atoms with Crippen molar-refractivity contribution in [2.75, 3.05) is 6.54 Å². The molecule has 0 bridgehead atoms. The maximum atomic E-state index is 12.9. The lowest BCUT2D eigenvalue weighted by Crippen LogP contribution is -2.37. The summed E-state index contributed by atoms with van der Waals surface area (Å²) in [6, 6.07) is 8.08. The van der Waals surface area contributed by atoms with Crippen molar-refractivity contribution in [1.29, 1.82) is 0 Å². The Kier molecular flexibility index (Phi) is 6.37. The number of halogens is 2. The van der Waals surface area contributed by atoms with Gasteiger partial charge in [0.25, 0.3) is 0 Å². The van der Waals surface area contributed by atoms with E-state index in [0.29, 0.717) is 12.5 Å². The zero-order valence-corrected chi connectivity index (χ0v) is 15.1. The smallest absolute Gasteiger partial charge is 0.188 e. The molecule has 2 aromatic rings. The minimum absolute atomic E-state index is 0. The molecule has 0 atom stereocenters. The van der Waals surface area contributed by atoms with E-state index in [1.807, 2.05) is 12.3 Å². The van der Waals surface area contributed by atoms with Crippen molar-refractivity contribution in [3.8, 4) is 5.69 Å². The summed E-state index contributed by atoms with van der Waals surface area (Å²) in [5, 5.41) is 7.56. The summed E-state index contributed by atoms with van der Waals surface area (Å²) in [6.45, 7) is 1.33. The third kappa shape index (κ3) is 4.92. The van der Waals surface area contributed by atoms with Crippen molar-refractivity contribution in [3.63, 3.8) is 0 Å². The van der Waals surface area contributed by atoms with Gasteiger partial charge in [-0.2, -0.15) is 5.10 Å². The number of nitrogens with two attached hydrogens (primary N) is 1. The summed E-state index contributed by atoms with van der Waals surface area (Å²) in [4.78, 5) is 4.29. The molecule has 23 heavy (non-hydrogen) atoms. The molecule has 0 spiro atoms. The van der Waals surface area contributed by atoms with Gasteiger partial charge in [-0.1, -0.05) is 6.42 Å². The molecule has 1 heterocycles. The van der Waals surface area contributed by atoms with Crippen LogP contribution in [-0.4, -0.2) is 22.3 Å².